The van der Waals surface area contributed by atoms with Crippen LogP contribution < -0.4 is 10.1 Å². The van der Waals surface area contributed by atoms with Gasteiger partial charge in [0.1, 0.15) is 17.1 Å². The van der Waals surface area contributed by atoms with Crippen molar-refractivity contribution in [1.82, 2.24) is 0 Å². The Morgan fingerprint density at radius 1 is 1.21 bits per heavy atom. The zero-order valence-corrected chi connectivity index (χ0v) is 17.8. The number of anilines is 1. The molecule has 0 spiro atoms. The Bertz CT molecular complexity index is 1100. The molecule has 0 saturated heterocycles. The Hall–Kier alpha value is -2.66. The van der Waals surface area contributed by atoms with E-state index in [0.717, 1.165) is 57.0 Å². The van der Waals surface area contributed by atoms with Crippen molar-refractivity contribution in [2.24, 2.45) is 0 Å². The van der Waals surface area contributed by atoms with Crippen LogP contribution in [0.4, 0.5) is 5.69 Å². The third-order valence-corrected chi connectivity index (χ3v) is 6.21. The summed E-state index contributed by atoms with van der Waals surface area (Å²) in [6.45, 7) is 1.94. The second-order valence-corrected chi connectivity index (χ2v) is 8.12. The summed E-state index contributed by atoms with van der Waals surface area (Å²) in [4.78, 5) is 13.7. The van der Waals surface area contributed by atoms with Crippen LogP contribution in [0, 0.1) is 0 Å². The zero-order valence-electron chi connectivity index (χ0n) is 17.0. The van der Waals surface area contributed by atoms with Crippen LogP contribution in [0.2, 0.25) is 0 Å². The SMILES string of the molecule is COc1cc2oc3c(c2cc1/C(C)=C/C(=O)Nc1ccccc1SC)CCCC3. The van der Waals surface area contributed by atoms with Gasteiger partial charge in [0.05, 0.1) is 12.8 Å². The number of carbonyl (C=O) groups is 1. The standard InChI is InChI=1S/C24H25NO3S/c1-15(12-24(26)25-19-9-5-7-11-23(19)29-3)17-13-18-16-8-4-6-10-20(16)28-22(18)14-21(17)27-2/h5,7,9,11-14H,4,6,8,10H2,1-3H3,(H,25,26)/b15-12+. The van der Waals surface area contributed by atoms with Gasteiger partial charge < -0.3 is 14.5 Å². The van der Waals surface area contributed by atoms with Gasteiger partial charge in [0.2, 0.25) is 5.91 Å². The van der Waals surface area contributed by atoms with Gasteiger partial charge in [-0.1, -0.05) is 12.1 Å². The second kappa shape index (κ2) is 8.37. The van der Waals surface area contributed by atoms with Crippen LogP contribution in [-0.2, 0) is 17.6 Å². The van der Waals surface area contributed by atoms with E-state index in [1.165, 1.54) is 18.4 Å². The predicted octanol–water partition coefficient (Wildman–Crippen LogP) is 6.08. The van der Waals surface area contributed by atoms with Crippen molar-refractivity contribution in [2.45, 2.75) is 37.5 Å². The van der Waals surface area contributed by atoms with Gasteiger partial charge in [0.15, 0.2) is 0 Å². The van der Waals surface area contributed by atoms with E-state index in [2.05, 4.69) is 11.4 Å². The highest BCUT2D eigenvalue weighted by Gasteiger charge is 2.20. The van der Waals surface area contributed by atoms with Gasteiger partial charge in [0.25, 0.3) is 0 Å². The maximum atomic E-state index is 12.7. The molecule has 4 rings (SSSR count). The highest BCUT2D eigenvalue weighted by molar-refractivity contribution is 7.98. The number of benzene rings is 2. The van der Waals surface area contributed by atoms with Crippen molar-refractivity contribution in [3.8, 4) is 5.75 Å². The molecule has 0 bridgehead atoms. The third kappa shape index (κ3) is 3.92. The minimum Gasteiger partial charge on any atom is -0.496 e. The molecule has 0 aliphatic heterocycles. The quantitative estimate of drug-likeness (QED) is 0.411. The number of aryl methyl sites for hydroxylation is 2. The number of furan rings is 1. The van der Waals surface area contributed by atoms with Crippen molar-refractivity contribution in [3.63, 3.8) is 0 Å². The fraction of sp³-hybridized carbons (Fsp3) is 0.292. The molecule has 5 heteroatoms. The molecule has 3 aromatic rings. The molecule has 0 radical (unpaired) electrons. The number of fused-ring (bicyclic) bond motifs is 3. The van der Waals surface area contributed by atoms with E-state index in [1.807, 2.05) is 43.5 Å². The van der Waals surface area contributed by atoms with Crippen LogP contribution in [-0.4, -0.2) is 19.3 Å². The van der Waals surface area contributed by atoms with Crippen LogP contribution in [0.1, 0.15) is 36.7 Å². The largest absolute Gasteiger partial charge is 0.496 e. The molecular weight excluding hydrogens is 382 g/mol. The summed E-state index contributed by atoms with van der Waals surface area (Å²) < 4.78 is 11.7. The lowest BCUT2D eigenvalue weighted by Crippen LogP contribution is -2.09. The molecule has 0 atom stereocenters. The zero-order chi connectivity index (χ0) is 20.4. The third-order valence-electron chi connectivity index (χ3n) is 5.41. The number of amides is 1. The number of thioether (sulfide) groups is 1. The number of allylic oxidation sites excluding steroid dienone is 1. The van der Waals surface area contributed by atoms with E-state index in [-0.39, 0.29) is 5.91 Å². The first-order chi connectivity index (χ1) is 14.1. The number of hydrogen-bond donors (Lipinski definition) is 1. The first-order valence-electron chi connectivity index (χ1n) is 9.85. The average molecular weight is 408 g/mol. The summed E-state index contributed by atoms with van der Waals surface area (Å²) in [7, 11) is 1.65. The number of para-hydroxylation sites is 1. The van der Waals surface area contributed by atoms with Crippen molar-refractivity contribution < 1.29 is 13.9 Å². The normalized spacial score (nSPS) is 14.0. The van der Waals surface area contributed by atoms with Crippen molar-refractivity contribution in [3.05, 3.63) is 59.4 Å². The van der Waals surface area contributed by atoms with E-state index in [1.54, 1.807) is 24.9 Å². The molecule has 0 saturated carbocycles. The molecule has 1 aromatic heterocycles. The van der Waals surface area contributed by atoms with Crippen molar-refractivity contribution in [1.29, 1.82) is 0 Å². The minimum atomic E-state index is -0.152. The van der Waals surface area contributed by atoms with Crippen LogP contribution in [0.15, 0.2) is 51.8 Å². The molecule has 0 fully saturated rings. The van der Waals surface area contributed by atoms with Crippen LogP contribution >= 0.6 is 11.8 Å². The number of nitrogens with one attached hydrogen (secondary N) is 1. The van der Waals surface area contributed by atoms with Gasteiger partial charge in [-0.15, -0.1) is 11.8 Å². The van der Waals surface area contributed by atoms with E-state index >= 15 is 0 Å². The fourth-order valence-electron chi connectivity index (χ4n) is 3.96. The molecule has 2 aromatic carbocycles. The number of rotatable bonds is 5. The van der Waals surface area contributed by atoms with E-state index in [9.17, 15) is 4.79 Å². The molecule has 29 heavy (non-hydrogen) atoms. The Kier molecular flexibility index (Phi) is 5.67. The Labute approximate surface area is 175 Å². The Morgan fingerprint density at radius 2 is 2.00 bits per heavy atom. The van der Waals surface area contributed by atoms with E-state index in [0.29, 0.717) is 0 Å². The van der Waals surface area contributed by atoms with Crippen molar-refractivity contribution in [2.75, 3.05) is 18.7 Å². The van der Waals surface area contributed by atoms with Gasteiger partial charge in [0, 0.05) is 40.0 Å². The lowest BCUT2D eigenvalue weighted by atomic mass is 9.94. The molecule has 1 N–H and O–H groups in total. The molecule has 4 nitrogen and oxygen atoms in total. The molecule has 1 amide bonds. The van der Waals surface area contributed by atoms with E-state index < -0.39 is 0 Å². The molecule has 0 unspecified atom stereocenters. The molecule has 1 aliphatic carbocycles. The summed E-state index contributed by atoms with van der Waals surface area (Å²) >= 11 is 1.61. The molecule has 1 heterocycles. The van der Waals surface area contributed by atoms with Gasteiger partial charge in [-0.2, -0.15) is 0 Å². The average Bonchev–Trinajstić information content (AvgIpc) is 3.10. The van der Waals surface area contributed by atoms with Crippen molar-refractivity contribution >= 4 is 39.9 Å². The van der Waals surface area contributed by atoms with Gasteiger partial charge >= 0.3 is 0 Å². The molecular formula is C24H25NO3S. The summed E-state index contributed by atoms with van der Waals surface area (Å²) in [5.41, 5.74) is 4.77. The number of ether oxygens (including phenoxy) is 1. The Morgan fingerprint density at radius 3 is 2.79 bits per heavy atom. The summed E-state index contributed by atoms with van der Waals surface area (Å²) in [6.07, 6.45) is 8.03. The summed E-state index contributed by atoms with van der Waals surface area (Å²) in [6, 6.07) is 11.9. The highest BCUT2D eigenvalue weighted by Crippen LogP contribution is 2.38. The monoisotopic (exact) mass is 407 g/mol. The first kappa shape index (κ1) is 19.6. The van der Waals surface area contributed by atoms with Gasteiger partial charge in [-0.25, -0.2) is 0 Å². The second-order valence-electron chi connectivity index (χ2n) is 7.28. The molecule has 1 aliphatic rings. The first-order valence-corrected chi connectivity index (χ1v) is 11.1. The number of hydrogen-bond acceptors (Lipinski definition) is 4. The topological polar surface area (TPSA) is 51.5 Å². The molecule has 150 valence electrons. The lowest BCUT2D eigenvalue weighted by Gasteiger charge is -2.11. The highest BCUT2D eigenvalue weighted by atomic mass is 32.2. The minimum absolute atomic E-state index is 0.152. The van der Waals surface area contributed by atoms with E-state index in [4.69, 9.17) is 9.15 Å². The van der Waals surface area contributed by atoms with Gasteiger partial charge in [-0.3, -0.25) is 4.79 Å². The summed E-state index contributed by atoms with van der Waals surface area (Å²) in [5.74, 6) is 1.66. The maximum absolute atomic E-state index is 12.7. The number of methoxy groups -OCH3 is 1. The maximum Gasteiger partial charge on any atom is 0.248 e. The van der Waals surface area contributed by atoms with Crippen LogP contribution in [0.25, 0.3) is 16.5 Å². The number of carbonyl (C=O) groups excluding carboxylic acids is 1. The lowest BCUT2D eigenvalue weighted by molar-refractivity contribution is -0.111. The Balaban J connectivity index is 1.68. The smallest absolute Gasteiger partial charge is 0.248 e. The predicted molar refractivity (Wildman–Crippen MR) is 120 cm³/mol. The fourth-order valence-corrected chi connectivity index (χ4v) is 4.51. The summed E-state index contributed by atoms with van der Waals surface area (Å²) in [5, 5.41) is 4.12. The van der Waals surface area contributed by atoms with Gasteiger partial charge in [-0.05, 0) is 56.2 Å². The van der Waals surface area contributed by atoms with Crippen LogP contribution in [0.3, 0.4) is 0 Å². The van der Waals surface area contributed by atoms with Crippen LogP contribution in [0.5, 0.6) is 5.75 Å².